The third-order valence-corrected chi connectivity index (χ3v) is 3.62. The van der Waals surface area contributed by atoms with Crippen molar-refractivity contribution in [3.63, 3.8) is 0 Å². The Balaban J connectivity index is 2.01. The van der Waals surface area contributed by atoms with E-state index in [0.29, 0.717) is 0 Å². The Hall–Kier alpha value is -1.61. The molecular formula is C14H17N3. The summed E-state index contributed by atoms with van der Waals surface area (Å²) in [6.07, 6.45) is 0.985. The van der Waals surface area contributed by atoms with E-state index in [0.717, 1.165) is 12.1 Å². The lowest BCUT2D eigenvalue weighted by molar-refractivity contribution is 0.401. The molecule has 1 aliphatic rings. The lowest BCUT2D eigenvalue weighted by atomic mass is 10.1. The van der Waals surface area contributed by atoms with Gasteiger partial charge >= 0.3 is 0 Å². The highest BCUT2D eigenvalue weighted by Gasteiger charge is 2.31. The van der Waals surface area contributed by atoms with Gasteiger partial charge in [-0.2, -0.15) is 5.10 Å². The Labute approximate surface area is 101 Å². The summed E-state index contributed by atoms with van der Waals surface area (Å²) in [6, 6.07) is 10.9. The molecule has 1 aliphatic carbocycles. The molecule has 1 aromatic heterocycles. The Bertz CT molecular complexity index is 556. The number of aromatic nitrogens is 2. The van der Waals surface area contributed by atoms with Gasteiger partial charge in [-0.1, -0.05) is 24.3 Å². The summed E-state index contributed by atoms with van der Waals surface area (Å²) >= 11 is 0. The fourth-order valence-corrected chi connectivity index (χ4v) is 2.83. The lowest BCUT2D eigenvalue weighted by Crippen LogP contribution is -2.22. The first-order valence-corrected chi connectivity index (χ1v) is 6.03. The molecule has 0 saturated carbocycles. The Kier molecular flexibility index (Phi) is 2.30. The van der Waals surface area contributed by atoms with Gasteiger partial charge in [-0.05, 0) is 37.5 Å². The van der Waals surface area contributed by atoms with Crippen LogP contribution >= 0.6 is 0 Å². The molecule has 0 spiro atoms. The zero-order chi connectivity index (χ0) is 12.0. The summed E-state index contributed by atoms with van der Waals surface area (Å²) in [6.45, 7) is 4.12. The van der Waals surface area contributed by atoms with Gasteiger partial charge in [0.25, 0.3) is 0 Å². The molecule has 0 aliphatic heterocycles. The monoisotopic (exact) mass is 227 g/mol. The molecule has 3 heteroatoms. The highest BCUT2D eigenvalue weighted by molar-refractivity contribution is 5.36. The molecule has 2 unspecified atom stereocenters. The van der Waals surface area contributed by atoms with Crippen molar-refractivity contribution in [3.8, 4) is 0 Å². The molecule has 0 radical (unpaired) electrons. The van der Waals surface area contributed by atoms with Crippen molar-refractivity contribution >= 4 is 0 Å². The minimum absolute atomic E-state index is 0.0594. The van der Waals surface area contributed by atoms with Gasteiger partial charge in [0.15, 0.2) is 0 Å². The molecule has 2 N–H and O–H groups in total. The van der Waals surface area contributed by atoms with Gasteiger partial charge in [0.1, 0.15) is 0 Å². The fraction of sp³-hybridized carbons (Fsp3) is 0.357. The van der Waals surface area contributed by atoms with Gasteiger partial charge in [0.05, 0.1) is 17.8 Å². The summed E-state index contributed by atoms with van der Waals surface area (Å²) in [5.41, 5.74) is 11.2. The highest BCUT2D eigenvalue weighted by Crippen LogP contribution is 2.37. The van der Waals surface area contributed by atoms with Crippen LogP contribution in [0, 0.1) is 13.8 Å². The average molecular weight is 227 g/mol. The number of nitrogens with two attached hydrogens (primary N) is 1. The van der Waals surface area contributed by atoms with E-state index < -0.39 is 0 Å². The third kappa shape index (κ3) is 1.58. The zero-order valence-electron chi connectivity index (χ0n) is 10.2. The fourth-order valence-electron chi connectivity index (χ4n) is 2.83. The molecule has 0 fully saturated rings. The molecule has 3 nitrogen and oxygen atoms in total. The van der Waals surface area contributed by atoms with Crippen LogP contribution in [-0.4, -0.2) is 9.78 Å². The first-order chi connectivity index (χ1) is 8.16. The molecule has 1 heterocycles. The van der Waals surface area contributed by atoms with E-state index in [-0.39, 0.29) is 12.1 Å². The van der Waals surface area contributed by atoms with Crippen molar-refractivity contribution in [2.75, 3.05) is 0 Å². The second-order valence-corrected chi connectivity index (χ2v) is 4.87. The van der Waals surface area contributed by atoms with Crippen LogP contribution in [0.2, 0.25) is 0 Å². The van der Waals surface area contributed by atoms with Gasteiger partial charge < -0.3 is 5.73 Å². The number of hydrogen-bond acceptors (Lipinski definition) is 2. The second-order valence-electron chi connectivity index (χ2n) is 4.87. The summed E-state index contributed by atoms with van der Waals surface area (Å²) in [4.78, 5) is 0. The molecule has 17 heavy (non-hydrogen) atoms. The molecule has 0 bridgehead atoms. The van der Waals surface area contributed by atoms with Crippen molar-refractivity contribution in [2.24, 2.45) is 5.73 Å². The quantitative estimate of drug-likeness (QED) is 0.812. The molecule has 2 atom stereocenters. The van der Waals surface area contributed by atoms with E-state index in [2.05, 4.69) is 47.0 Å². The zero-order valence-corrected chi connectivity index (χ0v) is 10.2. The first-order valence-electron chi connectivity index (χ1n) is 6.03. The van der Waals surface area contributed by atoms with Gasteiger partial charge in [0.2, 0.25) is 0 Å². The lowest BCUT2D eigenvalue weighted by Gasteiger charge is -2.18. The maximum Gasteiger partial charge on any atom is 0.0755 e. The molecule has 2 aromatic rings. The van der Waals surface area contributed by atoms with Crippen LogP contribution in [0.25, 0.3) is 0 Å². The Morgan fingerprint density at radius 1 is 1.29 bits per heavy atom. The van der Waals surface area contributed by atoms with Crippen LogP contribution in [0.3, 0.4) is 0 Å². The number of nitrogens with zero attached hydrogens (tertiary/aromatic N) is 2. The highest BCUT2D eigenvalue weighted by atomic mass is 15.3. The van der Waals surface area contributed by atoms with Gasteiger partial charge in [0, 0.05) is 5.69 Å². The largest absolute Gasteiger partial charge is 0.322 e. The normalized spacial score (nSPS) is 22.8. The summed E-state index contributed by atoms with van der Waals surface area (Å²) in [7, 11) is 0. The maximum absolute atomic E-state index is 6.34. The van der Waals surface area contributed by atoms with Crippen LogP contribution < -0.4 is 5.73 Å². The van der Waals surface area contributed by atoms with E-state index in [4.69, 9.17) is 5.73 Å². The van der Waals surface area contributed by atoms with Crippen molar-refractivity contribution < 1.29 is 0 Å². The summed E-state index contributed by atoms with van der Waals surface area (Å²) < 4.78 is 2.08. The van der Waals surface area contributed by atoms with Gasteiger partial charge in [-0.15, -0.1) is 0 Å². The smallest absolute Gasteiger partial charge is 0.0755 e. The van der Waals surface area contributed by atoms with Crippen LogP contribution in [0.4, 0.5) is 0 Å². The Morgan fingerprint density at radius 3 is 2.71 bits per heavy atom. The number of benzene rings is 1. The predicted molar refractivity (Wildman–Crippen MR) is 67.8 cm³/mol. The van der Waals surface area contributed by atoms with Crippen LogP contribution in [0.5, 0.6) is 0 Å². The first kappa shape index (κ1) is 10.5. The van der Waals surface area contributed by atoms with E-state index in [9.17, 15) is 0 Å². The molecule has 0 saturated heterocycles. The van der Waals surface area contributed by atoms with E-state index >= 15 is 0 Å². The summed E-state index contributed by atoms with van der Waals surface area (Å²) in [5, 5.41) is 4.56. The minimum Gasteiger partial charge on any atom is -0.322 e. The molecule has 88 valence electrons. The van der Waals surface area contributed by atoms with Crippen molar-refractivity contribution in [1.82, 2.24) is 9.78 Å². The predicted octanol–water partition coefficient (Wildman–Crippen LogP) is 2.30. The van der Waals surface area contributed by atoms with Gasteiger partial charge in [-0.3, -0.25) is 4.68 Å². The molecule has 1 aromatic carbocycles. The average Bonchev–Trinajstić information content (AvgIpc) is 2.80. The molecular weight excluding hydrogens is 210 g/mol. The number of fused-ring (bicyclic) bond motifs is 1. The standard InChI is InChI=1S/C14H17N3/c1-9-7-10(2)17(16-9)13-8-11-5-3-4-6-12(11)14(13)15/h3-7,13-14H,8,15H2,1-2H3. The number of rotatable bonds is 1. The van der Waals surface area contributed by atoms with E-state index in [1.54, 1.807) is 0 Å². The number of hydrogen-bond donors (Lipinski definition) is 1. The summed E-state index contributed by atoms with van der Waals surface area (Å²) in [5.74, 6) is 0. The van der Waals surface area contributed by atoms with Crippen molar-refractivity contribution in [3.05, 3.63) is 52.8 Å². The topological polar surface area (TPSA) is 43.8 Å². The molecule has 0 amide bonds. The third-order valence-electron chi connectivity index (χ3n) is 3.62. The van der Waals surface area contributed by atoms with Crippen LogP contribution in [0.1, 0.15) is 34.6 Å². The van der Waals surface area contributed by atoms with E-state index in [1.807, 2.05) is 6.92 Å². The second kappa shape index (κ2) is 3.70. The Morgan fingerprint density at radius 2 is 2.06 bits per heavy atom. The van der Waals surface area contributed by atoms with Gasteiger partial charge in [-0.25, -0.2) is 0 Å². The SMILES string of the molecule is Cc1cc(C)n(C2Cc3ccccc3C2N)n1. The maximum atomic E-state index is 6.34. The van der Waals surface area contributed by atoms with Crippen LogP contribution in [-0.2, 0) is 6.42 Å². The van der Waals surface area contributed by atoms with Crippen LogP contribution in [0.15, 0.2) is 30.3 Å². The number of aryl methyl sites for hydroxylation is 2. The van der Waals surface area contributed by atoms with Crippen molar-refractivity contribution in [2.45, 2.75) is 32.4 Å². The van der Waals surface area contributed by atoms with Crippen molar-refractivity contribution in [1.29, 1.82) is 0 Å². The molecule has 3 rings (SSSR count). The van der Waals surface area contributed by atoms with E-state index in [1.165, 1.54) is 16.8 Å². The minimum atomic E-state index is 0.0594.